The minimum absolute atomic E-state index is 0.327. The average molecular weight is 306 g/mol. The third kappa shape index (κ3) is 4.99. The first-order valence-corrected chi connectivity index (χ1v) is 7.38. The summed E-state index contributed by atoms with van der Waals surface area (Å²) in [5.74, 6) is 1.30. The van der Waals surface area contributed by atoms with Crippen molar-refractivity contribution >= 4 is 11.6 Å². The molecule has 0 atom stereocenters. The Bertz CT molecular complexity index is 585. The van der Waals surface area contributed by atoms with Gasteiger partial charge in [-0.1, -0.05) is 31.5 Å². The Kier molecular flexibility index (Phi) is 5.53. The smallest absolute Gasteiger partial charge is 0.321 e. The fourth-order valence-electron chi connectivity index (χ4n) is 1.77. The summed E-state index contributed by atoms with van der Waals surface area (Å²) in [6.07, 6.45) is 3.55. The Hall–Kier alpha value is -1.65. The van der Waals surface area contributed by atoms with Gasteiger partial charge in [0.2, 0.25) is 0 Å². The summed E-state index contributed by atoms with van der Waals surface area (Å²) in [6, 6.07) is 5.82. The van der Waals surface area contributed by atoms with Gasteiger partial charge in [-0.05, 0) is 37.1 Å². The maximum atomic E-state index is 5.96. The highest BCUT2D eigenvalue weighted by Crippen LogP contribution is 2.25. The second kappa shape index (κ2) is 7.38. The van der Waals surface area contributed by atoms with Gasteiger partial charge in [-0.3, -0.25) is 0 Å². The molecule has 0 saturated heterocycles. The van der Waals surface area contributed by atoms with Crippen molar-refractivity contribution in [1.82, 2.24) is 15.3 Å². The lowest BCUT2D eigenvalue weighted by molar-refractivity contribution is 0.437. The summed E-state index contributed by atoms with van der Waals surface area (Å²) < 4.78 is 5.66. The molecule has 0 fully saturated rings. The highest BCUT2D eigenvalue weighted by Gasteiger charge is 2.05. The molecule has 1 aromatic heterocycles. The zero-order valence-electron chi connectivity index (χ0n) is 12.6. The predicted octanol–water partition coefficient (Wildman–Crippen LogP) is 3.98. The molecule has 2 rings (SSSR count). The van der Waals surface area contributed by atoms with Crippen LogP contribution in [0.1, 0.15) is 25.0 Å². The molecule has 2 aromatic rings. The van der Waals surface area contributed by atoms with E-state index in [1.54, 1.807) is 18.5 Å². The molecule has 0 aliphatic carbocycles. The molecule has 0 bridgehead atoms. The van der Waals surface area contributed by atoms with Crippen molar-refractivity contribution in [3.05, 3.63) is 46.7 Å². The Labute approximate surface area is 130 Å². The molecule has 5 heteroatoms. The van der Waals surface area contributed by atoms with Crippen molar-refractivity contribution < 1.29 is 4.74 Å². The van der Waals surface area contributed by atoms with Crippen LogP contribution in [0.25, 0.3) is 0 Å². The lowest BCUT2D eigenvalue weighted by atomic mass is 10.2. The number of hydrogen-bond donors (Lipinski definition) is 1. The van der Waals surface area contributed by atoms with E-state index in [1.807, 2.05) is 19.1 Å². The van der Waals surface area contributed by atoms with Crippen LogP contribution in [0.5, 0.6) is 11.8 Å². The van der Waals surface area contributed by atoms with Crippen LogP contribution in [0.4, 0.5) is 0 Å². The van der Waals surface area contributed by atoms with Gasteiger partial charge in [-0.15, -0.1) is 0 Å². The highest BCUT2D eigenvalue weighted by molar-refractivity contribution is 6.30. The Morgan fingerprint density at radius 1 is 1.24 bits per heavy atom. The van der Waals surface area contributed by atoms with Gasteiger partial charge in [0, 0.05) is 29.5 Å². The van der Waals surface area contributed by atoms with E-state index in [9.17, 15) is 0 Å². The van der Waals surface area contributed by atoms with E-state index in [0.29, 0.717) is 22.7 Å². The van der Waals surface area contributed by atoms with E-state index < -0.39 is 0 Å². The lowest BCUT2D eigenvalue weighted by Gasteiger charge is -2.09. The van der Waals surface area contributed by atoms with E-state index in [1.165, 1.54) is 0 Å². The van der Waals surface area contributed by atoms with Crippen LogP contribution >= 0.6 is 11.6 Å². The third-order valence-corrected chi connectivity index (χ3v) is 3.15. The largest absolute Gasteiger partial charge is 0.424 e. The first kappa shape index (κ1) is 15.7. The first-order chi connectivity index (χ1) is 10.0. The van der Waals surface area contributed by atoms with Crippen LogP contribution < -0.4 is 10.1 Å². The molecule has 0 radical (unpaired) electrons. The summed E-state index contributed by atoms with van der Waals surface area (Å²) in [4.78, 5) is 8.45. The fraction of sp³-hybridized carbons (Fsp3) is 0.375. The van der Waals surface area contributed by atoms with Gasteiger partial charge in [0.15, 0.2) is 0 Å². The quantitative estimate of drug-likeness (QED) is 0.877. The van der Waals surface area contributed by atoms with Gasteiger partial charge in [0.1, 0.15) is 5.75 Å². The number of ether oxygens (including phenoxy) is 1. The summed E-state index contributed by atoms with van der Waals surface area (Å²) in [5, 5.41) is 3.98. The molecule has 4 nitrogen and oxygen atoms in total. The van der Waals surface area contributed by atoms with Gasteiger partial charge in [-0.2, -0.15) is 0 Å². The maximum Gasteiger partial charge on any atom is 0.321 e. The standard InChI is InChI=1S/C16H20ClN3O/c1-11(2)7-18-8-13-9-19-16(20-10-13)21-15-6-14(17)5-4-12(15)3/h4-6,9-11,18H,7-8H2,1-3H3. The second-order valence-corrected chi connectivity index (χ2v) is 5.85. The van der Waals surface area contributed by atoms with Crippen molar-refractivity contribution in [1.29, 1.82) is 0 Å². The molecule has 1 heterocycles. The first-order valence-electron chi connectivity index (χ1n) is 7.00. The lowest BCUT2D eigenvalue weighted by Crippen LogP contribution is -2.19. The molecule has 0 unspecified atom stereocenters. The zero-order valence-corrected chi connectivity index (χ0v) is 13.3. The molecule has 0 aliphatic heterocycles. The molecule has 0 saturated carbocycles. The number of nitrogens with one attached hydrogen (secondary N) is 1. The summed E-state index contributed by atoms with van der Waals surface area (Å²) in [7, 11) is 0. The van der Waals surface area contributed by atoms with Crippen molar-refractivity contribution in [2.75, 3.05) is 6.54 Å². The van der Waals surface area contributed by atoms with Crippen LogP contribution in [0, 0.1) is 12.8 Å². The summed E-state index contributed by atoms with van der Waals surface area (Å²) in [6.45, 7) is 8.03. The van der Waals surface area contributed by atoms with Gasteiger partial charge in [0.05, 0.1) is 0 Å². The normalized spacial score (nSPS) is 10.9. The van der Waals surface area contributed by atoms with Crippen molar-refractivity contribution in [3.63, 3.8) is 0 Å². The fourth-order valence-corrected chi connectivity index (χ4v) is 1.94. The molecule has 1 N–H and O–H groups in total. The van der Waals surface area contributed by atoms with Crippen molar-refractivity contribution in [3.8, 4) is 11.8 Å². The monoisotopic (exact) mass is 305 g/mol. The SMILES string of the molecule is Cc1ccc(Cl)cc1Oc1ncc(CNCC(C)C)cn1. The predicted molar refractivity (Wildman–Crippen MR) is 84.8 cm³/mol. The molecule has 1 aromatic carbocycles. The Morgan fingerprint density at radius 2 is 1.95 bits per heavy atom. The van der Waals surface area contributed by atoms with Gasteiger partial charge >= 0.3 is 6.01 Å². The van der Waals surface area contributed by atoms with E-state index in [0.717, 1.165) is 24.2 Å². The highest BCUT2D eigenvalue weighted by atomic mass is 35.5. The Balaban J connectivity index is 1.97. The third-order valence-electron chi connectivity index (χ3n) is 2.91. The van der Waals surface area contributed by atoms with E-state index >= 15 is 0 Å². The number of rotatable bonds is 6. The topological polar surface area (TPSA) is 47.0 Å². The number of nitrogens with zero attached hydrogens (tertiary/aromatic N) is 2. The van der Waals surface area contributed by atoms with Crippen LogP contribution in [-0.4, -0.2) is 16.5 Å². The molecular weight excluding hydrogens is 286 g/mol. The van der Waals surface area contributed by atoms with Crippen LogP contribution in [0.3, 0.4) is 0 Å². The average Bonchev–Trinajstić information content (AvgIpc) is 2.44. The maximum absolute atomic E-state index is 5.96. The minimum atomic E-state index is 0.327. The molecule has 112 valence electrons. The molecule has 0 aliphatic rings. The molecule has 0 spiro atoms. The number of halogens is 1. The molecule has 0 amide bonds. The van der Waals surface area contributed by atoms with Crippen LogP contribution in [0.15, 0.2) is 30.6 Å². The van der Waals surface area contributed by atoms with Gasteiger partial charge < -0.3 is 10.1 Å². The van der Waals surface area contributed by atoms with Crippen molar-refractivity contribution in [2.45, 2.75) is 27.3 Å². The second-order valence-electron chi connectivity index (χ2n) is 5.41. The van der Waals surface area contributed by atoms with E-state index in [2.05, 4.69) is 29.1 Å². The number of benzene rings is 1. The summed E-state index contributed by atoms with van der Waals surface area (Å²) in [5.41, 5.74) is 2.02. The number of aromatic nitrogens is 2. The number of hydrogen-bond acceptors (Lipinski definition) is 4. The van der Waals surface area contributed by atoms with Crippen LogP contribution in [0.2, 0.25) is 5.02 Å². The molecule has 21 heavy (non-hydrogen) atoms. The van der Waals surface area contributed by atoms with Gasteiger partial charge in [-0.25, -0.2) is 9.97 Å². The summed E-state index contributed by atoms with van der Waals surface area (Å²) >= 11 is 5.96. The van der Waals surface area contributed by atoms with Crippen molar-refractivity contribution in [2.24, 2.45) is 5.92 Å². The number of aryl methyl sites for hydroxylation is 1. The molecular formula is C16H20ClN3O. The van der Waals surface area contributed by atoms with Crippen LogP contribution in [-0.2, 0) is 6.54 Å². The minimum Gasteiger partial charge on any atom is -0.424 e. The zero-order chi connectivity index (χ0) is 15.2. The Morgan fingerprint density at radius 3 is 2.62 bits per heavy atom. The van der Waals surface area contributed by atoms with E-state index in [-0.39, 0.29) is 0 Å². The van der Waals surface area contributed by atoms with Gasteiger partial charge in [0.25, 0.3) is 0 Å². The van der Waals surface area contributed by atoms with E-state index in [4.69, 9.17) is 16.3 Å².